The van der Waals surface area contributed by atoms with Gasteiger partial charge in [0.2, 0.25) is 0 Å². The number of hydrogen-bond donors (Lipinski definition) is 1. The number of carbonyl (C=O) groups excluding carboxylic acids is 1. The van der Waals surface area contributed by atoms with Crippen molar-refractivity contribution in [2.75, 3.05) is 5.75 Å². The zero-order chi connectivity index (χ0) is 16.0. The third kappa shape index (κ3) is 2.31. The van der Waals surface area contributed by atoms with Gasteiger partial charge in [-0.15, -0.1) is 0 Å². The maximum atomic E-state index is 11.9. The number of ether oxygens (including phenoxy) is 1. The van der Waals surface area contributed by atoms with Crippen LogP contribution in [0, 0.1) is 6.92 Å². The van der Waals surface area contributed by atoms with Gasteiger partial charge in [-0.25, -0.2) is 0 Å². The summed E-state index contributed by atoms with van der Waals surface area (Å²) in [4.78, 5) is 11.9. The molecule has 0 amide bonds. The zero-order valence-electron chi connectivity index (χ0n) is 13.0. The molecule has 0 radical (unpaired) electrons. The van der Waals surface area contributed by atoms with Gasteiger partial charge in [0.15, 0.2) is 0 Å². The van der Waals surface area contributed by atoms with E-state index in [1.54, 1.807) is 0 Å². The number of hydrogen-bond acceptors (Lipinski definition) is 3. The number of rotatable bonds is 3. The summed E-state index contributed by atoms with van der Waals surface area (Å²) < 4.78 is 5.69. The smallest absolute Gasteiger partial charge is 0.307 e. The van der Waals surface area contributed by atoms with Gasteiger partial charge in [0, 0.05) is 17.7 Å². The second kappa shape index (κ2) is 5.57. The molecule has 0 spiro atoms. The summed E-state index contributed by atoms with van der Waals surface area (Å²) in [6.07, 6.45) is 3.08. The molecular formula is C20H18O2S. The van der Waals surface area contributed by atoms with Gasteiger partial charge in [-0.2, -0.15) is 12.6 Å². The zero-order valence-corrected chi connectivity index (χ0v) is 13.9. The van der Waals surface area contributed by atoms with Crippen molar-refractivity contribution in [2.45, 2.75) is 25.9 Å². The van der Waals surface area contributed by atoms with Crippen molar-refractivity contribution in [2.24, 2.45) is 0 Å². The first-order valence-electron chi connectivity index (χ1n) is 7.94. The largest absolute Gasteiger partial charge is 0.457 e. The molecule has 0 N–H and O–H groups in total. The number of esters is 1. The Balaban J connectivity index is 1.94. The van der Waals surface area contributed by atoms with E-state index in [9.17, 15) is 4.79 Å². The van der Waals surface area contributed by atoms with E-state index in [2.05, 4.69) is 62.0 Å². The molecule has 116 valence electrons. The van der Waals surface area contributed by atoms with Crippen LogP contribution in [0.2, 0.25) is 0 Å². The van der Waals surface area contributed by atoms with Gasteiger partial charge in [0.05, 0.1) is 6.42 Å². The molecule has 0 fully saturated rings. The maximum absolute atomic E-state index is 11.9. The lowest BCUT2D eigenvalue weighted by atomic mass is 9.87. The highest BCUT2D eigenvalue weighted by Gasteiger charge is 2.22. The van der Waals surface area contributed by atoms with E-state index in [1.165, 1.54) is 32.3 Å². The monoisotopic (exact) mass is 322 g/mol. The molecule has 3 aromatic rings. The summed E-state index contributed by atoms with van der Waals surface area (Å²) in [6.45, 7) is 2.14. The Kier molecular flexibility index (Phi) is 3.53. The van der Waals surface area contributed by atoms with Gasteiger partial charge in [-0.3, -0.25) is 4.79 Å². The van der Waals surface area contributed by atoms with Crippen molar-refractivity contribution in [1.82, 2.24) is 0 Å². The predicted molar refractivity (Wildman–Crippen MR) is 97.8 cm³/mol. The minimum absolute atomic E-state index is 0.176. The van der Waals surface area contributed by atoms with Crippen molar-refractivity contribution in [1.29, 1.82) is 0 Å². The van der Waals surface area contributed by atoms with Crippen molar-refractivity contribution < 1.29 is 9.53 Å². The molecule has 0 aliphatic heterocycles. The number of aryl methyl sites for hydroxylation is 1. The molecule has 0 heterocycles. The molecule has 0 saturated heterocycles. The Morgan fingerprint density at radius 1 is 1.17 bits per heavy atom. The lowest BCUT2D eigenvalue weighted by Crippen LogP contribution is -2.18. The van der Waals surface area contributed by atoms with Crippen LogP contribution < -0.4 is 5.22 Å². The summed E-state index contributed by atoms with van der Waals surface area (Å²) in [5, 5.41) is 6.27. The van der Waals surface area contributed by atoms with E-state index < -0.39 is 0 Å². The van der Waals surface area contributed by atoms with Crippen molar-refractivity contribution >= 4 is 46.2 Å². The van der Waals surface area contributed by atoms with Crippen LogP contribution in [0.25, 0.3) is 27.6 Å². The van der Waals surface area contributed by atoms with Crippen molar-refractivity contribution in [3.63, 3.8) is 0 Å². The van der Waals surface area contributed by atoms with Gasteiger partial charge in [0.1, 0.15) is 6.10 Å². The highest BCUT2D eigenvalue weighted by molar-refractivity contribution is 7.80. The van der Waals surface area contributed by atoms with Crippen LogP contribution in [0.3, 0.4) is 0 Å². The molecule has 4 rings (SSSR count). The number of carbonyl (C=O) groups is 1. The predicted octanol–water partition coefficient (Wildman–Crippen LogP) is 4.11. The molecule has 0 aromatic heterocycles. The molecule has 0 bridgehead atoms. The molecule has 0 saturated carbocycles. The summed E-state index contributed by atoms with van der Waals surface area (Å²) in [7, 11) is 0. The molecule has 1 atom stereocenters. The Morgan fingerprint density at radius 2 is 2.00 bits per heavy atom. The standard InChI is InChI=1S/C20H18O2S/c1-12-2-3-13-5-8-16-17(22-18(21)10-11-23)9-6-14-4-7-15(12)19(13)20(14)16/h2-8,17,23H,9-11H2,1H3. The molecule has 1 unspecified atom stereocenters. The molecule has 3 aromatic carbocycles. The summed E-state index contributed by atoms with van der Waals surface area (Å²) in [6, 6.07) is 13.0. The fourth-order valence-corrected chi connectivity index (χ4v) is 3.75. The topological polar surface area (TPSA) is 26.3 Å². The van der Waals surface area contributed by atoms with Gasteiger partial charge in [0.25, 0.3) is 0 Å². The molecule has 1 aliphatic rings. The summed E-state index contributed by atoms with van der Waals surface area (Å²) in [5.74, 6) is 0.341. The molecule has 2 nitrogen and oxygen atoms in total. The van der Waals surface area contributed by atoms with E-state index in [0.29, 0.717) is 12.2 Å². The Labute approximate surface area is 140 Å². The van der Waals surface area contributed by atoms with Crippen molar-refractivity contribution in [3.05, 3.63) is 52.7 Å². The number of thiol groups is 1. The quantitative estimate of drug-likeness (QED) is 0.580. The lowest BCUT2D eigenvalue weighted by Gasteiger charge is -2.23. The van der Waals surface area contributed by atoms with Crippen LogP contribution in [0.1, 0.15) is 30.1 Å². The van der Waals surface area contributed by atoms with Gasteiger partial charge in [-0.1, -0.05) is 42.5 Å². The highest BCUT2D eigenvalue weighted by Crippen LogP contribution is 2.36. The minimum atomic E-state index is -0.189. The van der Waals surface area contributed by atoms with Crippen LogP contribution in [-0.4, -0.2) is 11.7 Å². The van der Waals surface area contributed by atoms with Crippen molar-refractivity contribution in [3.8, 4) is 0 Å². The van der Waals surface area contributed by atoms with Crippen LogP contribution >= 0.6 is 12.6 Å². The summed E-state index contributed by atoms with van der Waals surface area (Å²) >= 11 is 4.11. The van der Waals surface area contributed by atoms with Crippen LogP contribution in [-0.2, 0) is 9.53 Å². The van der Waals surface area contributed by atoms with E-state index >= 15 is 0 Å². The first kappa shape index (κ1) is 14.6. The third-order valence-electron chi connectivity index (χ3n) is 4.68. The summed E-state index contributed by atoms with van der Waals surface area (Å²) in [5.41, 5.74) is 2.40. The lowest BCUT2D eigenvalue weighted by molar-refractivity contribution is -0.148. The average molecular weight is 322 g/mol. The SMILES string of the molecule is Cc1ccc2ccc3c4c(ccc1c24)=CCC3OC(=O)CCS. The average Bonchev–Trinajstić information content (AvgIpc) is 2.56. The van der Waals surface area contributed by atoms with E-state index in [-0.39, 0.29) is 12.1 Å². The van der Waals surface area contributed by atoms with Crippen LogP contribution in [0.5, 0.6) is 0 Å². The first-order chi connectivity index (χ1) is 11.2. The Hall–Kier alpha value is -2.00. The number of benzene rings is 3. The molecule has 1 aliphatic carbocycles. The molecule has 23 heavy (non-hydrogen) atoms. The van der Waals surface area contributed by atoms with E-state index in [1.807, 2.05) is 0 Å². The Morgan fingerprint density at radius 3 is 2.83 bits per heavy atom. The highest BCUT2D eigenvalue weighted by atomic mass is 32.1. The minimum Gasteiger partial charge on any atom is -0.457 e. The molecular weight excluding hydrogens is 304 g/mol. The van der Waals surface area contributed by atoms with E-state index in [4.69, 9.17) is 4.74 Å². The normalized spacial score (nSPS) is 16.5. The third-order valence-corrected chi connectivity index (χ3v) is 4.91. The van der Waals surface area contributed by atoms with Crippen LogP contribution in [0.15, 0.2) is 36.4 Å². The second-order valence-corrected chi connectivity index (χ2v) is 6.55. The maximum Gasteiger partial charge on any atom is 0.307 e. The first-order valence-corrected chi connectivity index (χ1v) is 8.57. The van der Waals surface area contributed by atoms with E-state index in [0.717, 1.165) is 12.0 Å². The molecule has 3 heteroatoms. The fraction of sp³-hybridized carbons (Fsp3) is 0.250. The Bertz CT molecular complexity index is 974. The fourth-order valence-electron chi connectivity index (χ4n) is 3.57. The van der Waals surface area contributed by atoms with Gasteiger partial charge < -0.3 is 4.74 Å². The van der Waals surface area contributed by atoms with Gasteiger partial charge >= 0.3 is 5.97 Å². The second-order valence-electron chi connectivity index (χ2n) is 6.10. The van der Waals surface area contributed by atoms with Gasteiger partial charge in [-0.05, 0) is 39.3 Å². The van der Waals surface area contributed by atoms with Crippen LogP contribution in [0.4, 0.5) is 0 Å².